The molecule has 5 heteroatoms. The molecule has 0 N–H and O–H groups in total. The highest BCUT2D eigenvalue weighted by Gasteiger charge is 2.25. The molecule has 0 saturated carbocycles. The summed E-state index contributed by atoms with van der Waals surface area (Å²) in [7, 11) is 0. The molecule has 12 rings (SSSR count). The number of benzene rings is 9. The van der Waals surface area contributed by atoms with Crippen LogP contribution in [0.25, 0.3) is 42.8 Å². The Balaban J connectivity index is 1.13. The van der Waals surface area contributed by atoms with Crippen molar-refractivity contribution >= 4 is 99.7 Å². The number of thiophene rings is 1. The molecule has 0 saturated heterocycles. The van der Waals surface area contributed by atoms with Crippen LogP contribution in [0.4, 0.5) is 51.2 Å². The first-order valence-corrected chi connectivity index (χ1v) is 23.1. The fraction of sp³-hybridized carbons (Fsp3) is 0.0333. The van der Waals surface area contributed by atoms with E-state index in [9.17, 15) is 0 Å². The van der Waals surface area contributed by atoms with E-state index in [2.05, 4.69) is 262 Å². The lowest BCUT2D eigenvalue weighted by atomic mass is 10.0. The van der Waals surface area contributed by atoms with Gasteiger partial charge in [0.25, 0.3) is 0 Å². The topological polar surface area (TPSA) is 14.7 Å². The van der Waals surface area contributed by atoms with Gasteiger partial charge in [0, 0.05) is 71.1 Å². The highest BCUT2D eigenvalue weighted by molar-refractivity contribution is 7.25. The first kappa shape index (κ1) is 38.5. The number of allylic oxidation sites excluding steroid dienone is 1. The molecule has 4 nitrogen and oxygen atoms in total. The van der Waals surface area contributed by atoms with E-state index >= 15 is 0 Å². The van der Waals surface area contributed by atoms with Crippen LogP contribution in [-0.4, -0.2) is 4.57 Å². The second kappa shape index (κ2) is 16.5. The molecule has 0 unspecified atom stereocenters. The van der Waals surface area contributed by atoms with Gasteiger partial charge >= 0.3 is 0 Å². The van der Waals surface area contributed by atoms with Crippen molar-refractivity contribution in [2.24, 2.45) is 0 Å². The van der Waals surface area contributed by atoms with Crippen molar-refractivity contribution < 1.29 is 0 Å². The molecule has 11 aromatic rings. The standard InChI is InChI=1S/C60H44N4S/c1-6-20-43(21-7-1)61(44-22-8-2-9-23-44)50-38-51(40-52(39-50)63(46-26-12-4-13-27-46)49-35-37-56-55-31-17-19-33-59(55)65-60(56)42-49)62(45-24-10-3-11-25-45)48-34-36-54-53-30-16-18-32-57(53)64(58(54)41-48)47-28-14-5-15-29-47/h1-15,17-29,31-42H,16,30H2. The van der Waals surface area contributed by atoms with Gasteiger partial charge < -0.3 is 19.3 Å². The van der Waals surface area contributed by atoms with Gasteiger partial charge in [-0.25, -0.2) is 0 Å². The van der Waals surface area contributed by atoms with Crippen molar-refractivity contribution in [1.29, 1.82) is 0 Å². The van der Waals surface area contributed by atoms with E-state index in [1.807, 2.05) is 11.3 Å². The Kier molecular flexibility index (Phi) is 9.81. The van der Waals surface area contributed by atoms with Crippen LogP contribution in [-0.2, 0) is 6.42 Å². The third-order valence-electron chi connectivity index (χ3n) is 12.5. The second-order valence-electron chi connectivity index (χ2n) is 16.5. The number of rotatable bonds is 10. The third kappa shape index (κ3) is 7.03. The summed E-state index contributed by atoms with van der Waals surface area (Å²) in [6.45, 7) is 0. The smallest absolute Gasteiger partial charge is 0.0558 e. The number of fused-ring (bicyclic) bond motifs is 6. The van der Waals surface area contributed by atoms with Crippen LogP contribution in [0.2, 0.25) is 0 Å². The summed E-state index contributed by atoms with van der Waals surface area (Å²) in [4.78, 5) is 7.22. The lowest BCUT2D eigenvalue weighted by molar-refractivity contribution is 0.967. The van der Waals surface area contributed by atoms with Crippen molar-refractivity contribution in [3.63, 3.8) is 0 Å². The minimum atomic E-state index is 1.02. The molecular formula is C60H44N4S. The maximum absolute atomic E-state index is 2.45. The largest absolute Gasteiger partial charge is 0.310 e. The summed E-state index contributed by atoms with van der Waals surface area (Å²) in [6, 6.07) is 83.6. The molecule has 1 aliphatic carbocycles. The van der Waals surface area contributed by atoms with Crippen LogP contribution in [0, 0.1) is 0 Å². The van der Waals surface area contributed by atoms with Crippen LogP contribution in [0.5, 0.6) is 0 Å². The third-order valence-corrected chi connectivity index (χ3v) is 13.7. The highest BCUT2D eigenvalue weighted by Crippen LogP contribution is 2.48. The molecule has 0 bridgehead atoms. The van der Waals surface area contributed by atoms with E-state index in [1.54, 1.807) is 0 Å². The molecule has 310 valence electrons. The number of hydrogen-bond donors (Lipinski definition) is 0. The molecule has 2 aromatic heterocycles. The van der Waals surface area contributed by atoms with Crippen molar-refractivity contribution in [3.8, 4) is 5.69 Å². The minimum Gasteiger partial charge on any atom is -0.310 e. The zero-order valence-electron chi connectivity index (χ0n) is 35.7. The summed E-state index contributed by atoms with van der Waals surface area (Å²) in [5, 5.41) is 3.87. The fourth-order valence-corrected chi connectivity index (χ4v) is 10.8. The van der Waals surface area contributed by atoms with Crippen LogP contribution >= 0.6 is 11.3 Å². The molecule has 1 aliphatic rings. The van der Waals surface area contributed by atoms with Gasteiger partial charge in [0.1, 0.15) is 0 Å². The van der Waals surface area contributed by atoms with Crippen LogP contribution < -0.4 is 14.7 Å². The highest BCUT2D eigenvalue weighted by atomic mass is 32.1. The Morgan fingerprint density at radius 1 is 0.354 bits per heavy atom. The van der Waals surface area contributed by atoms with E-state index in [0.29, 0.717) is 0 Å². The zero-order valence-corrected chi connectivity index (χ0v) is 36.5. The van der Waals surface area contributed by atoms with Crippen molar-refractivity contribution in [2.75, 3.05) is 14.7 Å². The van der Waals surface area contributed by atoms with Crippen LogP contribution in [0.15, 0.2) is 237 Å². The monoisotopic (exact) mass is 852 g/mol. The molecule has 2 heterocycles. The molecule has 0 fully saturated rings. The number of hydrogen-bond acceptors (Lipinski definition) is 4. The normalized spacial score (nSPS) is 12.1. The van der Waals surface area contributed by atoms with Crippen LogP contribution in [0.3, 0.4) is 0 Å². The SMILES string of the molecule is C1=Cc2c(c3ccc(N(c4ccccc4)c4cc(N(c5ccccc5)c5ccccc5)cc(N(c5ccccc5)c5ccc6c(c5)sc5ccccc56)c4)cc3n2-c2ccccc2)CC1. The molecule has 0 aliphatic heterocycles. The Hall–Kier alpha value is -8.12. The van der Waals surface area contributed by atoms with Crippen LogP contribution in [0.1, 0.15) is 17.7 Å². The van der Waals surface area contributed by atoms with E-state index in [0.717, 1.165) is 69.7 Å². The molecule has 0 spiro atoms. The minimum absolute atomic E-state index is 1.02. The number of aryl methyl sites for hydroxylation is 1. The quantitative estimate of drug-likeness (QED) is 0.136. The molecule has 9 aromatic carbocycles. The maximum atomic E-state index is 2.45. The van der Waals surface area contributed by atoms with Gasteiger partial charge in [-0.1, -0.05) is 127 Å². The molecule has 65 heavy (non-hydrogen) atoms. The van der Waals surface area contributed by atoms with E-state index < -0.39 is 0 Å². The van der Waals surface area contributed by atoms with Gasteiger partial charge in [-0.2, -0.15) is 0 Å². The number of anilines is 9. The number of aromatic nitrogens is 1. The second-order valence-corrected chi connectivity index (χ2v) is 17.6. The first-order valence-electron chi connectivity index (χ1n) is 22.3. The predicted octanol–water partition coefficient (Wildman–Crippen LogP) is 17.4. The Morgan fingerprint density at radius 3 is 1.35 bits per heavy atom. The Bertz CT molecular complexity index is 3450. The van der Waals surface area contributed by atoms with Gasteiger partial charge in [-0.15, -0.1) is 11.3 Å². The van der Waals surface area contributed by atoms with Gasteiger partial charge in [0.2, 0.25) is 0 Å². The van der Waals surface area contributed by atoms with E-state index in [1.165, 1.54) is 42.3 Å². The molecule has 0 atom stereocenters. The maximum Gasteiger partial charge on any atom is 0.0558 e. The summed E-state index contributed by atoms with van der Waals surface area (Å²) in [5.74, 6) is 0. The van der Waals surface area contributed by atoms with Gasteiger partial charge in [-0.3, -0.25) is 0 Å². The fourth-order valence-electron chi connectivity index (χ4n) is 9.69. The average molecular weight is 853 g/mol. The van der Waals surface area contributed by atoms with Gasteiger partial charge in [0.05, 0.1) is 22.6 Å². The lowest BCUT2D eigenvalue weighted by Gasteiger charge is -2.33. The van der Waals surface area contributed by atoms with Gasteiger partial charge in [-0.05, 0) is 134 Å². The van der Waals surface area contributed by atoms with Crippen molar-refractivity contribution in [2.45, 2.75) is 12.8 Å². The number of nitrogens with zero attached hydrogens (tertiary/aromatic N) is 4. The van der Waals surface area contributed by atoms with Gasteiger partial charge in [0.15, 0.2) is 0 Å². The summed E-state index contributed by atoms with van der Waals surface area (Å²) in [5.41, 5.74) is 14.6. The molecule has 0 radical (unpaired) electrons. The van der Waals surface area contributed by atoms with E-state index in [4.69, 9.17) is 0 Å². The summed E-state index contributed by atoms with van der Waals surface area (Å²) in [6.07, 6.45) is 6.69. The lowest BCUT2D eigenvalue weighted by Crippen LogP contribution is -2.16. The first-order chi connectivity index (χ1) is 32.2. The average Bonchev–Trinajstić information content (AvgIpc) is 3.91. The zero-order chi connectivity index (χ0) is 43.1. The van der Waals surface area contributed by atoms with Crippen molar-refractivity contribution in [1.82, 2.24) is 4.57 Å². The van der Waals surface area contributed by atoms with Crippen molar-refractivity contribution in [3.05, 3.63) is 248 Å². The Morgan fingerprint density at radius 2 is 0.800 bits per heavy atom. The summed E-state index contributed by atoms with van der Waals surface area (Å²) >= 11 is 1.85. The number of para-hydroxylation sites is 5. The molecular weight excluding hydrogens is 809 g/mol. The molecule has 0 amide bonds. The summed E-state index contributed by atoms with van der Waals surface area (Å²) < 4.78 is 5.00. The Labute approximate surface area is 383 Å². The predicted molar refractivity (Wildman–Crippen MR) is 278 cm³/mol. The van der Waals surface area contributed by atoms with E-state index in [-0.39, 0.29) is 0 Å².